The normalized spacial score (nSPS) is 19.2. The molecule has 0 spiro atoms. The molecule has 0 bridgehead atoms. The SMILES string of the molecule is CCOc1ccc(C(O)C(C)CN2CCNCC2)c(C)c1. The van der Waals surface area contributed by atoms with Gasteiger partial charge in [-0.1, -0.05) is 13.0 Å². The van der Waals surface area contributed by atoms with Gasteiger partial charge in [-0.2, -0.15) is 0 Å². The number of aliphatic hydroxyl groups is 1. The van der Waals surface area contributed by atoms with Crippen molar-refractivity contribution in [2.24, 2.45) is 5.92 Å². The van der Waals surface area contributed by atoms with Crippen LogP contribution in [0.5, 0.6) is 5.75 Å². The van der Waals surface area contributed by atoms with Gasteiger partial charge in [0, 0.05) is 32.7 Å². The van der Waals surface area contributed by atoms with Crippen LogP contribution in [0, 0.1) is 12.8 Å². The second-order valence-electron chi connectivity index (χ2n) is 5.92. The molecule has 2 N–H and O–H groups in total. The molecule has 0 aromatic heterocycles. The van der Waals surface area contributed by atoms with Gasteiger partial charge in [0.2, 0.25) is 0 Å². The van der Waals surface area contributed by atoms with Crippen LogP contribution in [0.1, 0.15) is 31.1 Å². The molecule has 0 aliphatic carbocycles. The van der Waals surface area contributed by atoms with E-state index in [0.29, 0.717) is 6.61 Å². The average Bonchev–Trinajstić information content (AvgIpc) is 2.48. The third-order valence-corrected chi connectivity index (χ3v) is 4.17. The Morgan fingerprint density at radius 2 is 2.05 bits per heavy atom. The lowest BCUT2D eigenvalue weighted by Gasteiger charge is -2.31. The van der Waals surface area contributed by atoms with Crippen molar-refractivity contribution in [3.8, 4) is 5.75 Å². The minimum atomic E-state index is -0.421. The fraction of sp³-hybridized carbons (Fsp3) is 0.647. The first-order valence-corrected chi connectivity index (χ1v) is 7.96. The van der Waals surface area contributed by atoms with Crippen LogP contribution in [0.3, 0.4) is 0 Å². The fourth-order valence-corrected chi connectivity index (χ4v) is 2.94. The number of ether oxygens (including phenoxy) is 1. The van der Waals surface area contributed by atoms with Crippen LogP contribution in [0.2, 0.25) is 0 Å². The lowest BCUT2D eigenvalue weighted by molar-refractivity contribution is 0.0837. The number of hydrogen-bond donors (Lipinski definition) is 2. The summed E-state index contributed by atoms with van der Waals surface area (Å²) in [4.78, 5) is 2.42. The quantitative estimate of drug-likeness (QED) is 0.841. The third kappa shape index (κ3) is 4.43. The fourth-order valence-electron chi connectivity index (χ4n) is 2.94. The average molecular weight is 292 g/mol. The van der Waals surface area contributed by atoms with Crippen molar-refractivity contribution in [1.82, 2.24) is 10.2 Å². The van der Waals surface area contributed by atoms with Crippen molar-refractivity contribution < 1.29 is 9.84 Å². The first kappa shape index (κ1) is 16.3. The van der Waals surface area contributed by atoms with Gasteiger partial charge in [-0.05, 0) is 43.0 Å². The molecule has 0 radical (unpaired) electrons. The summed E-state index contributed by atoms with van der Waals surface area (Å²) in [5, 5.41) is 14.0. The van der Waals surface area contributed by atoms with Crippen LogP contribution in [0.25, 0.3) is 0 Å². The molecule has 1 aromatic rings. The van der Waals surface area contributed by atoms with Crippen LogP contribution < -0.4 is 10.1 Å². The molecule has 4 nitrogen and oxygen atoms in total. The number of hydrogen-bond acceptors (Lipinski definition) is 4. The zero-order chi connectivity index (χ0) is 15.2. The molecular weight excluding hydrogens is 264 g/mol. The van der Waals surface area contributed by atoms with E-state index >= 15 is 0 Å². The van der Waals surface area contributed by atoms with Crippen molar-refractivity contribution in [3.63, 3.8) is 0 Å². The molecule has 2 rings (SSSR count). The summed E-state index contributed by atoms with van der Waals surface area (Å²) < 4.78 is 5.51. The number of rotatable bonds is 6. The first-order valence-electron chi connectivity index (χ1n) is 7.96. The Morgan fingerprint density at radius 1 is 1.33 bits per heavy atom. The molecule has 118 valence electrons. The van der Waals surface area contributed by atoms with E-state index in [0.717, 1.165) is 49.6 Å². The van der Waals surface area contributed by atoms with Gasteiger partial charge >= 0.3 is 0 Å². The van der Waals surface area contributed by atoms with E-state index in [4.69, 9.17) is 4.74 Å². The second kappa shape index (κ2) is 7.78. The van der Waals surface area contributed by atoms with Crippen LogP contribution >= 0.6 is 0 Å². The Bertz CT molecular complexity index is 444. The first-order chi connectivity index (χ1) is 10.1. The summed E-state index contributed by atoms with van der Waals surface area (Å²) in [6.45, 7) is 12.0. The van der Waals surface area contributed by atoms with E-state index in [2.05, 4.69) is 17.1 Å². The van der Waals surface area contributed by atoms with Gasteiger partial charge in [0.1, 0.15) is 5.75 Å². The molecule has 1 saturated heterocycles. The molecular formula is C17H28N2O2. The van der Waals surface area contributed by atoms with Gasteiger partial charge in [0.25, 0.3) is 0 Å². The van der Waals surface area contributed by atoms with Gasteiger partial charge in [-0.15, -0.1) is 0 Å². The molecule has 2 atom stereocenters. The number of nitrogens with one attached hydrogen (secondary N) is 1. The van der Waals surface area contributed by atoms with E-state index in [1.54, 1.807) is 0 Å². The Morgan fingerprint density at radius 3 is 2.67 bits per heavy atom. The van der Waals surface area contributed by atoms with Crippen molar-refractivity contribution >= 4 is 0 Å². The predicted molar refractivity (Wildman–Crippen MR) is 85.8 cm³/mol. The van der Waals surface area contributed by atoms with Gasteiger partial charge in [0.05, 0.1) is 12.7 Å². The zero-order valence-corrected chi connectivity index (χ0v) is 13.4. The highest BCUT2D eigenvalue weighted by atomic mass is 16.5. The number of nitrogens with zero attached hydrogens (tertiary/aromatic N) is 1. The highest BCUT2D eigenvalue weighted by molar-refractivity contribution is 5.36. The summed E-state index contributed by atoms with van der Waals surface area (Å²) in [7, 11) is 0. The van der Waals surface area contributed by atoms with E-state index in [1.165, 1.54) is 0 Å². The van der Waals surface area contributed by atoms with Crippen LogP contribution in [0.15, 0.2) is 18.2 Å². The van der Waals surface area contributed by atoms with Gasteiger partial charge < -0.3 is 20.1 Å². The highest BCUT2D eigenvalue weighted by Gasteiger charge is 2.21. The molecule has 4 heteroatoms. The molecule has 0 saturated carbocycles. The number of benzene rings is 1. The Balaban J connectivity index is 1.99. The minimum absolute atomic E-state index is 0.222. The third-order valence-electron chi connectivity index (χ3n) is 4.17. The molecule has 2 unspecified atom stereocenters. The molecule has 1 fully saturated rings. The highest BCUT2D eigenvalue weighted by Crippen LogP contribution is 2.28. The van der Waals surface area contributed by atoms with Gasteiger partial charge in [-0.3, -0.25) is 0 Å². The summed E-state index contributed by atoms with van der Waals surface area (Å²) in [6, 6.07) is 5.96. The standard InChI is InChI=1S/C17H28N2O2/c1-4-21-15-5-6-16(13(2)11-15)17(20)14(3)12-19-9-7-18-8-10-19/h5-6,11,14,17-18,20H,4,7-10,12H2,1-3H3. The summed E-state index contributed by atoms with van der Waals surface area (Å²) in [6.07, 6.45) is -0.421. The molecule has 1 aliphatic rings. The van der Waals surface area contributed by atoms with Gasteiger partial charge in [-0.25, -0.2) is 0 Å². The van der Waals surface area contributed by atoms with Crippen molar-refractivity contribution in [2.75, 3.05) is 39.3 Å². The van der Waals surface area contributed by atoms with E-state index in [9.17, 15) is 5.11 Å². The number of aryl methyl sites for hydroxylation is 1. The van der Waals surface area contributed by atoms with Crippen LogP contribution in [-0.2, 0) is 0 Å². The van der Waals surface area contributed by atoms with Gasteiger partial charge in [0.15, 0.2) is 0 Å². The number of piperazine rings is 1. The van der Waals surface area contributed by atoms with Crippen molar-refractivity contribution in [2.45, 2.75) is 26.9 Å². The second-order valence-corrected chi connectivity index (χ2v) is 5.92. The van der Waals surface area contributed by atoms with E-state index < -0.39 is 6.10 Å². The lowest BCUT2D eigenvalue weighted by Crippen LogP contribution is -2.45. The zero-order valence-electron chi connectivity index (χ0n) is 13.4. The molecule has 21 heavy (non-hydrogen) atoms. The van der Waals surface area contributed by atoms with E-state index in [1.807, 2.05) is 32.0 Å². The maximum absolute atomic E-state index is 10.6. The maximum Gasteiger partial charge on any atom is 0.119 e. The molecule has 1 aliphatic heterocycles. The largest absolute Gasteiger partial charge is 0.494 e. The minimum Gasteiger partial charge on any atom is -0.494 e. The lowest BCUT2D eigenvalue weighted by atomic mass is 9.93. The smallest absolute Gasteiger partial charge is 0.119 e. The molecule has 1 heterocycles. The maximum atomic E-state index is 10.6. The number of aliphatic hydroxyl groups excluding tert-OH is 1. The molecule has 1 aromatic carbocycles. The van der Waals surface area contributed by atoms with E-state index in [-0.39, 0.29) is 5.92 Å². The van der Waals surface area contributed by atoms with Crippen LogP contribution in [0.4, 0.5) is 0 Å². The predicted octanol–water partition coefficient (Wildman–Crippen LogP) is 1.97. The molecule has 0 amide bonds. The van der Waals surface area contributed by atoms with Crippen molar-refractivity contribution in [1.29, 1.82) is 0 Å². The van der Waals surface area contributed by atoms with Crippen LogP contribution in [-0.4, -0.2) is 49.3 Å². The Labute approximate surface area is 128 Å². The Hall–Kier alpha value is -1.10. The summed E-state index contributed by atoms with van der Waals surface area (Å²) in [5.74, 6) is 1.10. The monoisotopic (exact) mass is 292 g/mol. The Kier molecular flexibility index (Phi) is 6.03. The topological polar surface area (TPSA) is 44.7 Å². The summed E-state index contributed by atoms with van der Waals surface area (Å²) >= 11 is 0. The van der Waals surface area contributed by atoms with Crippen molar-refractivity contribution in [3.05, 3.63) is 29.3 Å². The summed E-state index contributed by atoms with van der Waals surface area (Å²) in [5.41, 5.74) is 2.11.